The Labute approximate surface area is 772 Å². The molecule has 0 fully saturated rings. The molecule has 1 aliphatic heterocycles. The lowest BCUT2D eigenvalue weighted by Gasteiger charge is -2.33. The molecule has 2 bridgehead atoms. The Kier molecular flexibility index (Phi) is 44.2. The van der Waals surface area contributed by atoms with E-state index in [0.29, 0.717) is 40.6 Å². The number of nitrogens with one attached hydrogen (secondary N) is 18. The fourth-order valence-electron chi connectivity index (χ4n) is 14.2. The first-order valence-electron chi connectivity index (χ1n) is 43.6. The van der Waals surface area contributed by atoms with Gasteiger partial charge in [-0.15, -0.1) is 0 Å². The summed E-state index contributed by atoms with van der Waals surface area (Å²) in [5.74, 6) is -17.3. The molecule has 1 aliphatic rings. The number of benzene rings is 4. The number of carboxylic acid groups (broad SMARTS) is 1. The van der Waals surface area contributed by atoms with Gasteiger partial charge in [-0.2, -0.15) is 23.5 Å². The molecule has 6 rings (SSSR count). The van der Waals surface area contributed by atoms with Gasteiger partial charge in [-0.3, -0.25) is 82.7 Å². The quantitative estimate of drug-likeness (QED) is 0.0132. The molecule has 1 aromatic heterocycles. The number of hydrogen-bond acceptors (Lipinski definition) is 23. The van der Waals surface area contributed by atoms with Gasteiger partial charge >= 0.3 is 5.97 Å². The van der Waals surface area contributed by atoms with Crippen LogP contribution in [0.25, 0.3) is 10.9 Å². The second-order valence-electron chi connectivity index (χ2n) is 33.4. The monoisotopic (exact) mass is 1880 g/mol. The summed E-state index contributed by atoms with van der Waals surface area (Å²) in [7, 11) is 0. The van der Waals surface area contributed by atoms with Crippen LogP contribution < -0.4 is 103 Å². The second kappa shape index (κ2) is 54.1. The van der Waals surface area contributed by atoms with Crippen molar-refractivity contribution in [2.45, 2.75) is 247 Å². The highest BCUT2D eigenvalue weighted by atomic mass is 32.2. The van der Waals surface area contributed by atoms with E-state index in [0.717, 1.165) is 11.8 Å². The van der Waals surface area contributed by atoms with Crippen molar-refractivity contribution in [3.05, 3.63) is 131 Å². The Morgan fingerprint density at radius 1 is 0.553 bits per heavy atom. The maximum atomic E-state index is 15.7. The number of H-pyrrole nitrogens is 1. The SMILES string of the molecule is CCC[C@H](NC(C)=O)C(=O)N[C@H]1CSCc2cccc(c2)CSC[C@@H](C(=O)N[C@@H](Cc2ccc(O)cc2)C(=O)N[C@@H](Cc2c[nH]c3ccc(F)cc23)C(=O)N[C@@H](CCC)C(=O)N[C@H](C(N)=O)[C@@H](C)O)NC(=O)[C@H](CCCNC(=N)N)NC(=O)[C@H](CCCNC(=N)N)NC(=O)[C@H](CCC(=O)O)NC(=O)[C@H](C(C)(C)C)NC(=O)[C@H](CCCCN)NC(=O)[C@H](Cc2ccc(O)cc2)NC1=O. The number of aliphatic hydroxyl groups excluding tert-OH is 1. The van der Waals surface area contributed by atoms with Crippen molar-refractivity contribution < 1.29 is 96.7 Å². The molecule has 30 N–H and O–H groups in total. The minimum atomic E-state index is -1.83. The number of carbonyl (C=O) groups excluding carboxylic acids is 14. The number of phenolic OH excluding ortho intramolecular Hbond substituents is 2. The number of guanidine groups is 2. The molecule has 0 saturated carbocycles. The minimum Gasteiger partial charge on any atom is -0.508 e. The molecule has 0 saturated heterocycles. The number of hydrogen-bond donors (Lipinski definition) is 26. The maximum absolute atomic E-state index is 15.7. The fraction of sp³-hybridized carbons (Fsp3) is 0.511. The topological polar surface area (TPSA) is 685 Å². The predicted octanol–water partition coefficient (Wildman–Crippen LogP) is -0.719. The number of unbranched alkanes of at least 4 members (excludes halogenated alkanes) is 1. The number of thioether (sulfide) groups is 2. The van der Waals surface area contributed by atoms with Gasteiger partial charge in [0, 0.05) is 85.8 Å². The van der Waals surface area contributed by atoms with Crippen LogP contribution in [0.2, 0.25) is 0 Å². The molecule has 0 spiro atoms. The molecule has 41 nitrogen and oxygen atoms in total. The van der Waals surface area contributed by atoms with Gasteiger partial charge in [-0.25, -0.2) is 4.39 Å². The number of carboxylic acids is 1. The van der Waals surface area contributed by atoms with Crippen molar-refractivity contribution in [3.8, 4) is 11.5 Å². The van der Waals surface area contributed by atoms with E-state index in [9.17, 15) is 49.2 Å². The Balaban J connectivity index is 1.53. The Morgan fingerprint density at radius 3 is 1.56 bits per heavy atom. The van der Waals surface area contributed by atoms with E-state index in [1.807, 2.05) is 0 Å². The van der Waals surface area contributed by atoms with E-state index in [1.165, 1.54) is 98.5 Å². The van der Waals surface area contributed by atoms with Crippen molar-refractivity contribution in [3.63, 3.8) is 0 Å². The van der Waals surface area contributed by atoms with E-state index >= 15 is 47.5 Å². The second-order valence-corrected chi connectivity index (χ2v) is 35.4. The first-order chi connectivity index (χ1) is 62.6. The van der Waals surface area contributed by atoms with Gasteiger partial charge in [0.05, 0.1) is 6.10 Å². The molecule has 722 valence electrons. The van der Waals surface area contributed by atoms with Crippen LogP contribution in [0, 0.1) is 22.1 Å². The zero-order valence-electron chi connectivity index (χ0n) is 75.0. The highest BCUT2D eigenvalue weighted by Gasteiger charge is 2.41. The highest BCUT2D eigenvalue weighted by molar-refractivity contribution is 7.98. The first-order valence-corrected chi connectivity index (χ1v) is 45.9. The fourth-order valence-corrected chi connectivity index (χ4v) is 16.2. The van der Waals surface area contributed by atoms with Crippen molar-refractivity contribution in [1.82, 2.24) is 84.7 Å². The highest BCUT2D eigenvalue weighted by Crippen LogP contribution is 2.26. The van der Waals surface area contributed by atoms with Crippen LogP contribution >= 0.6 is 23.5 Å². The lowest BCUT2D eigenvalue weighted by atomic mass is 9.85. The number of phenols is 2. The summed E-state index contributed by atoms with van der Waals surface area (Å²) < 4.78 is 15.1. The summed E-state index contributed by atoms with van der Waals surface area (Å²) >= 11 is 2.26. The van der Waals surface area contributed by atoms with Gasteiger partial charge in [0.2, 0.25) is 82.7 Å². The van der Waals surface area contributed by atoms with Crippen molar-refractivity contribution in [2.75, 3.05) is 31.1 Å². The number of amides is 14. The number of aromatic amines is 1. The van der Waals surface area contributed by atoms with Crippen LogP contribution in [-0.2, 0) is 103 Å². The zero-order chi connectivity index (χ0) is 97.5. The van der Waals surface area contributed by atoms with E-state index in [4.69, 9.17) is 33.8 Å². The van der Waals surface area contributed by atoms with Gasteiger partial charge in [0.25, 0.3) is 0 Å². The number of halogens is 1. The lowest BCUT2D eigenvalue weighted by molar-refractivity contribution is -0.139. The van der Waals surface area contributed by atoms with Crippen molar-refractivity contribution in [1.29, 1.82) is 10.8 Å². The van der Waals surface area contributed by atoms with Crippen LogP contribution in [0.3, 0.4) is 0 Å². The Morgan fingerprint density at radius 2 is 1.04 bits per heavy atom. The number of fused-ring (bicyclic) bond motifs is 3. The third kappa shape index (κ3) is 36.8. The maximum Gasteiger partial charge on any atom is 0.303 e. The third-order valence-electron chi connectivity index (χ3n) is 21.2. The molecule has 14 atom stereocenters. The molecule has 5 aromatic rings. The molecule has 0 unspecified atom stereocenters. The lowest BCUT2D eigenvalue weighted by Crippen LogP contribution is -2.62. The standard InChI is InChI=1S/C88H127FN22O19S2/c1-8-15-59(99-48(4)113)74(119)108-68-45-131-43-51-17-12-18-52(37-51)44-132-46-69(84(129)106-66(39-50-24-29-56(115)30-25-50)81(126)107-67(40-53-42-98-58-31-26-54(89)41-57(53)58)82(127)100-60(16-9-2)78(123)110-71(47(3)112)73(91)118)109-76(121)63(21-14-36-97-87(94)95)101-75(120)62(20-13-35-96-86(92)93)102-77(122)64(32-33-70(116)117)104-85(130)72(88(5,6)7)111-79(124)61(19-10-11-34-90)103-80(125)65(105-83(68)128)38-49-22-27-55(114)28-23-49/h12,17-18,22-31,37,41-42,47,59-69,71-72,98,112,114-115H,8-11,13-16,19-21,32-36,38-40,43-46,90H2,1-7H3,(H2,91,118)(H,99,113)(H,100,127)(H,101,120)(H,102,122)(H,103,125)(H,104,130)(H,105,128)(H,106,129)(H,107,126)(H,108,119)(H,109,121)(H,110,123)(H,111,124)(H,116,117)(H4,92,93,96)(H4,94,95,97)/t47-,59+,60+,61+,62+,63+,64+,65+,66+,67+,68+,69+,71+,72-/m1/s1. The zero-order valence-corrected chi connectivity index (χ0v) is 76.6. The molecule has 0 radical (unpaired) electrons. The number of nitrogens with two attached hydrogens (primary N) is 4. The molecule has 0 aliphatic carbocycles. The van der Waals surface area contributed by atoms with Crippen LogP contribution in [0.1, 0.15) is 160 Å². The van der Waals surface area contributed by atoms with Gasteiger partial charge in [-0.05, 0) is 153 Å². The predicted molar refractivity (Wildman–Crippen MR) is 493 cm³/mol. The largest absolute Gasteiger partial charge is 0.508 e. The average Bonchev–Trinajstić information content (AvgIpc) is 1.65. The number of aromatic hydroxyl groups is 2. The van der Waals surface area contributed by atoms with Crippen LogP contribution in [0.5, 0.6) is 11.5 Å². The van der Waals surface area contributed by atoms with Crippen LogP contribution in [0.15, 0.2) is 97.2 Å². The van der Waals surface area contributed by atoms with E-state index in [2.05, 4.69) is 84.7 Å². The molecule has 132 heavy (non-hydrogen) atoms. The normalized spacial score (nSPS) is 19.8. The number of aromatic nitrogens is 1. The summed E-state index contributed by atoms with van der Waals surface area (Å²) in [6.45, 7) is 10.5. The third-order valence-corrected chi connectivity index (χ3v) is 23.5. The number of primary amides is 1. The molecule has 2 heterocycles. The summed E-state index contributed by atoms with van der Waals surface area (Å²) in [5, 5.41) is 97.1. The molecular weight excluding hydrogens is 1750 g/mol. The van der Waals surface area contributed by atoms with Crippen LogP contribution in [-0.4, -0.2) is 242 Å². The smallest absolute Gasteiger partial charge is 0.303 e. The van der Waals surface area contributed by atoms with Gasteiger partial charge in [0.15, 0.2) is 11.9 Å². The Bertz CT molecular complexity index is 4810. The van der Waals surface area contributed by atoms with Gasteiger partial charge in [-0.1, -0.05) is 96.0 Å². The van der Waals surface area contributed by atoms with Crippen LogP contribution in [0.4, 0.5) is 4.39 Å². The summed E-state index contributed by atoms with van der Waals surface area (Å²) in [6.07, 6.45) is -2.05. The number of aliphatic carboxylic acids is 1. The minimum absolute atomic E-state index is 0.0495. The van der Waals surface area contributed by atoms with Crippen molar-refractivity contribution in [2.24, 2.45) is 28.3 Å². The van der Waals surface area contributed by atoms with Gasteiger partial charge in [0.1, 0.15) is 95.9 Å². The number of carbonyl (C=O) groups is 15. The van der Waals surface area contributed by atoms with E-state index < -0.39 is 222 Å². The summed E-state index contributed by atoms with van der Waals surface area (Å²) in [4.78, 5) is 221. The molecule has 44 heteroatoms. The molecule has 4 aromatic carbocycles. The average molecular weight is 1880 g/mol. The number of aliphatic hydroxyl groups is 1. The van der Waals surface area contributed by atoms with Gasteiger partial charge < -0.3 is 128 Å². The van der Waals surface area contributed by atoms with E-state index in [-0.39, 0.29) is 129 Å². The molecule has 14 amide bonds. The summed E-state index contributed by atoms with van der Waals surface area (Å²) in [5.41, 5.74) is 24.2. The van der Waals surface area contributed by atoms with Crippen molar-refractivity contribution >= 4 is 135 Å². The van der Waals surface area contributed by atoms with E-state index in [1.54, 1.807) is 58.9 Å². The molecular formula is C88H127FN22O19S2. The number of rotatable bonds is 38. The Hall–Kier alpha value is -12.8. The first kappa shape index (κ1) is 108. The summed E-state index contributed by atoms with van der Waals surface area (Å²) in [6, 6.07) is 1.32.